The van der Waals surface area contributed by atoms with Crippen molar-refractivity contribution in [2.45, 2.75) is 57.5 Å². The van der Waals surface area contributed by atoms with Crippen LogP contribution in [0.1, 0.15) is 56.2 Å². The van der Waals surface area contributed by atoms with Crippen LogP contribution in [0.5, 0.6) is 0 Å². The average Bonchev–Trinajstić information content (AvgIpc) is 2.98. The maximum Gasteiger partial charge on any atom is 0.0473 e. The summed E-state index contributed by atoms with van der Waals surface area (Å²) >= 11 is 0. The minimum Gasteiger partial charge on any atom is -0.329 e. The summed E-state index contributed by atoms with van der Waals surface area (Å²) in [7, 11) is 0. The zero-order valence-corrected chi connectivity index (χ0v) is 12.7. The number of hydrogen-bond acceptors (Lipinski definition) is 2. The molecule has 0 bridgehead atoms. The lowest BCUT2D eigenvalue weighted by molar-refractivity contribution is 0.0701. The molecule has 20 heavy (non-hydrogen) atoms. The van der Waals surface area contributed by atoms with E-state index in [4.69, 9.17) is 5.73 Å². The topological polar surface area (TPSA) is 29.3 Å². The molecule has 3 rings (SSSR count). The van der Waals surface area contributed by atoms with Gasteiger partial charge in [0, 0.05) is 18.6 Å². The Balaban J connectivity index is 1.80. The van der Waals surface area contributed by atoms with Crippen molar-refractivity contribution in [3.8, 4) is 0 Å². The third kappa shape index (κ3) is 2.64. The number of nitrogens with zero attached hydrogens (tertiary/aromatic N) is 1. The van der Waals surface area contributed by atoms with E-state index in [2.05, 4.69) is 36.1 Å². The molecule has 0 spiro atoms. The van der Waals surface area contributed by atoms with Gasteiger partial charge in [-0.2, -0.15) is 0 Å². The van der Waals surface area contributed by atoms with Crippen LogP contribution in [0.4, 0.5) is 0 Å². The molecule has 2 nitrogen and oxygen atoms in total. The SMILES string of the molecule is CCc1ccc(C(CN)N2CCCC3CCCC32)cc1. The number of benzene rings is 1. The van der Waals surface area contributed by atoms with Gasteiger partial charge in [0.15, 0.2) is 0 Å². The first-order chi connectivity index (χ1) is 9.83. The zero-order valence-electron chi connectivity index (χ0n) is 12.7. The number of nitrogens with two attached hydrogens (primary N) is 1. The number of aryl methyl sites for hydroxylation is 1. The molecule has 0 amide bonds. The fourth-order valence-electron chi connectivity index (χ4n) is 4.32. The summed E-state index contributed by atoms with van der Waals surface area (Å²) in [6, 6.07) is 10.4. The normalized spacial score (nSPS) is 28.3. The third-order valence-corrected chi connectivity index (χ3v) is 5.43. The fourth-order valence-corrected chi connectivity index (χ4v) is 4.32. The quantitative estimate of drug-likeness (QED) is 0.909. The molecule has 1 aliphatic heterocycles. The first-order valence-electron chi connectivity index (χ1n) is 8.38. The van der Waals surface area contributed by atoms with Crippen LogP contribution >= 0.6 is 0 Å². The monoisotopic (exact) mass is 272 g/mol. The summed E-state index contributed by atoms with van der Waals surface area (Å²) in [6.07, 6.45) is 8.14. The Morgan fingerprint density at radius 2 is 1.90 bits per heavy atom. The van der Waals surface area contributed by atoms with Gasteiger partial charge in [-0.25, -0.2) is 0 Å². The van der Waals surface area contributed by atoms with Gasteiger partial charge in [-0.1, -0.05) is 37.6 Å². The molecule has 2 heteroatoms. The fraction of sp³-hybridized carbons (Fsp3) is 0.667. The third-order valence-electron chi connectivity index (χ3n) is 5.43. The Labute approximate surface area is 123 Å². The summed E-state index contributed by atoms with van der Waals surface area (Å²) < 4.78 is 0. The van der Waals surface area contributed by atoms with Gasteiger partial charge in [0.25, 0.3) is 0 Å². The summed E-state index contributed by atoms with van der Waals surface area (Å²) in [5.74, 6) is 0.938. The van der Waals surface area contributed by atoms with Crippen LogP contribution in [-0.4, -0.2) is 24.0 Å². The molecule has 1 aliphatic carbocycles. The molecule has 1 aromatic carbocycles. The second kappa shape index (κ2) is 6.28. The molecule has 3 atom stereocenters. The van der Waals surface area contributed by atoms with E-state index in [1.54, 1.807) is 0 Å². The zero-order chi connectivity index (χ0) is 13.9. The Hall–Kier alpha value is -0.860. The van der Waals surface area contributed by atoms with Gasteiger partial charge in [0.2, 0.25) is 0 Å². The Bertz CT molecular complexity index is 426. The van der Waals surface area contributed by atoms with Crippen LogP contribution < -0.4 is 5.73 Å². The predicted molar refractivity (Wildman–Crippen MR) is 84.7 cm³/mol. The van der Waals surface area contributed by atoms with Gasteiger partial charge in [-0.15, -0.1) is 0 Å². The Kier molecular flexibility index (Phi) is 4.42. The van der Waals surface area contributed by atoms with E-state index in [1.165, 1.54) is 49.8 Å². The minimum absolute atomic E-state index is 0.423. The van der Waals surface area contributed by atoms with E-state index in [1.807, 2.05) is 0 Å². The van der Waals surface area contributed by atoms with E-state index in [-0.39, 0.29) is 0 Å². The van der Waals surface area contributed by atoms with Gasteiger partial charge in [-0.3, -0.25) is 4.90 Å². The molecule has 1 aromatic rings. The predicted octanol–water partition coefficient (Wildman–Crippen LogP) is 3.51. The van der Waals surface area contributed by atoms with E-state index < -0.39 is 0 Å². The maximum absolute atomic E-state index is 6.15. The van der Waals surface area contributed by atoms with Crippen LogP contribution in [-0.2, 0) is 6.42 Å². The highest BCUT2D eigenvalue weighted by Gasteiger charge is 2.38. The van der Waals surface area contributed by atoms with Crippen LogP contribution in [0.25, 0.3) is 0 Å². The van der Waals surface area contributed by atoms with Crippen molar-refractivity contribution in [3.63, 3.8) is 0 Å². The summed E-state index contributed by atoms with van der Waals surface area (Å²) in [4.78, 5) is 2.72. The van der Waals surface area contributed by atoms with Crippen molar-refractivity contribution in [1.29, 1.82) is 0 Å². The molecule has 110 valence electrons. The van der Waals surface area contributed by atoms with E-state index >= 15 is 0 Å². The second-order valence-electron chi connectivity index (χ2n) is 6.49. The van der Waals surface area contributed by atoms with Gasteiger partial charge < -0.3 is 5.73 Å². The lowest BCUT2D eigenvalue weighted by Crippen LogP contribution is -2.46. The van der Waals surface area contributed by atoms with E-state index in [0.29, 0.717) is 6.04 Å². The minimum atomic E-state index is 0.423. The molecule has 0 radical (unpaired) electrons. The number of likely N-dealkylation sites (tertiary alicyclic amines) is 1. The first-order valence-corrected chi connectivity index (χ1v) is 8.38. The molecule has 2 N–H and O–H groups in total. The number of fused-ring (bicyclic) bond motifs is 1. The molecule has 1 saturated carbocycles. The summed E-state index contributed by atoms with van der Waals surface area (Å²) in [5, 5.41) is 0. The second-order valence-corrected chi connectivity index (χ2v) is 6.49. The number of hydrogen-bond donors (Lipinski definition) is 1. The van der Waals surface area contributed by atoms with Gasteiger partial charge in [0.1, 0.15) is 0 Å². The largest absolute Gasteiger partial charge is 0.329 e. The summed E-state index contributed by atoms with van der Waals surface area (Å²) in [6.45, 7) is 4.19. The molecular weight excluding hydrogens is 244 g/mol. The van der Waals surface area contributed by atoms with Gasteiger partial charge in [0.05, 0.1) is 0 Å². The molecule has 1 saturated heterocycles. The lowest BCUT2D eigenvalue weighted by Gasteiger charge is -2.42. The highest BCUT2D eigenvalue weighted by Crippen LogP contribution is 2.40. The lowest BCUT2D eigenvalue weighted by atomic mass is 9.89. The van der Waals surface area contributed by atoms with Crippen LogP contribution in [0.3, 0.4) is 0 Å². The smallest absolute Gasteiger partial charge is 0.0473 e. The van der Waals surface area contributed by atoms with Crippen molar-refractivity contribution in [2.24, 2.45) is 11.7 Å². The average molecular weight is 272 g/mol. The van der Waals surface area contributed by atoms with Crippen LogP contribution in [0.15, 0.2) is 24.3 Å². The number of piperidine rings is 1. The van der Waals surface area contributed by atoms with Crippen LogP contribution in [0, 0.1) is 5.92 Å². The van der Waals surface area contributed by atoms with Crippen molar-refractivity contribution in [1.82, 2.24) is 4.90 Å². The van der Waals surface area contributed by atoms with Crippen molar-refractivity contribution >= 4 is 0 Å². The van der Waals surface area contributed by atoms with Crippen molar-refractivity contribution in [2.75, 3.05) is 13.1 Å². The standard InChI is InChI=1S/C18H28N2/c1-2-14-8-10-16(11-9-14)18(13-19)20-12-4-6-15-5-3-7-17(15)20/h8-11,15,17-18H,2-7,12-13,19H2,1H3. The Morgan fingerprint density at radius 1 is 1.15 bits per heavy atom. The molecule has 1 heterocycles. The van der Waals surface area contributed by atoms with Gasteiger partial charge in [-0.05, 0) is 55.7 Å². The molecule has 0 aromatic heterocycles. The highest BCUT2D eigenvalue weighted by molar-refractivity contribution is 5.25. The summed E-state index contributed by atoms with van der Waals surface area (Å²) in [5.41, 5.74) is 8.98. The van der Waals surface area contributed by atoms with Crippen molar-refractivity contribution < 1.29 is 0 Å². The van der Waals surface area contributed by atoms with Gasteiger partial charge >= 0.3 is 0 Å². The van der Waals surface area contributed by atoms with E-state index in [0.717, 1.165) is 24.9 Å². The first kappa shape index (κ1) is 14.1. The highest BCUT2D eigenvalue weighted by atomic mass is 15.2. The van der Waals surface area contributed by atoms with Crippen molar-refractivity contribution in [3.05, 3.63) is 35.4 Å². The molecular formula is C18H28N2. The molecule has 2 aliphatic rings. The molecule has 3 unspecified atom stereocenters. The Morgan fingerprint density at radius 3 is 2.60 bits per heavy atom. The molecule has 2 fully saturated rings. The number of rotatable bonds is 4. The van der Waals surface area contributed by atoms with Crippen LogP contribution in [0.2, 0.25) is 0 Å². The maximum atomic E-state index is 6.15. The van der Waals surface area contributed by atoms with E-state index in [9.17, 15) is 0 Å².